The predicted octanol–water partition coefficient (Wildman–Crippen LogP) is 3.43. The summed E-state index contributed by atoms with van der Waals surface area (Å²) >= 11 is 0. The predicted molar refractivity (Wildman–Crippen MR) is 130 cm³/mol. The Morgan fingerprint density at radius 3 is 2.06 bits per heavy atom. The first kappa shape index (κ1) is 23.9. The van der Waals surface area contributed by atoms with E-state index in [2.05, 4.69) is 4.72 Å². The Balaban J connectivity index is 1.45. The highest BCUT2D eigenvalue weighted by Crippen LogP contribution is 2.25. The molecule has 1 amide bonds. The molecule has 1 fully saturated rings. The highest BCUT2D eigenvalue weighted by Gasteiger charge is 2.23. The maximum absolute atomic E-state index is 12.9. The van der Waals surface area contributed by atoms with Crippen LogP contribution in [0.1, 0.15) is 18.4 Å². The lowest BCUT2D eigenvalue weighted by Gasteiger charge is -2.18. The molecule has 0 aliphatic carbocycles. The second-order valence-electron chi connectivity index (χ2n) is 8.02. The van der Waals surface area contributed by atoms with Crippen molar-refractivity contribution in [2.24, 2.45) is 0 Å². The Bertz CT molecular complexity index is 1370. The van der Waals surface area contributed by atoms with Gasteiger partial charge in [-0.15, -0.1) is 0 Å². The fourth-order valence-electron chi connectivity index (χ4n) is 3.74. The van der Waals surface area contributed by atoms with E-state index in [-0.39, 0.29) is 27.9 Å². The summed E-state index contributed by atoms with van der Waals surface area (Å²) < 4.78 is 55.0. The molecule has 34 heavy (non-hydrogen) atoms. The zero-order valence-corrected chi connectivity index (χ0v) is 20.2. The Morgan fingerprint density at radius 1 is 0.853 bits per heavy atom. The molecule has 178 valence electrons. The average molecular weight is 500 g/mol. The molecule has 1 aliphatic heterocycles. The number of anilines is 2. The zero-order chi connectivity index (χ0) is 24.3. The molecule has 0 aromatic heterocycles. The average Bonchev–Trinajstić information content (AvgIpc) is 3.25. The lowest BCUT2D eigenvalue weighted by atomic mass is 10.2. The van der Waals surface area contributed by atoms with Gasteiger partial charge < -0.3 is 4.90 Å². The molecule has 1 heterocycles. The Kier molecular flexibility index (Phi) is 6.74. The molecule has 0 saturated carbocycles. The van der Waals surface area contributed by atoms with Crippen LogP contribution in [0.25, 0.3) is 0 Å². The van der Waals surface area contributed by atoms with E-state index >= 15 is 0 Å². The second-order valence-corrected chi connectivity index (χ2v) is 11.7. The van der Waals surface area contributed by atoms with E-state index in [0.717, 1.165) is 12.0 Å². The van der Waals surface area contributed by atoms with Crippen LogP contribution in [0, 0.1) is 0 Å². The summed E-state index contributed by atoms with van der Waals surface area (Å²) in [4.78, 5) is 13.6. The third-order valence-corrected chi connectivity index (χ3v) is 8.81. The van der Waals surface area contributed by atoms with Crippen molar-refractivity contribution < 1.29 is 21.6 Å². The number of rotatable bonds is 8. The number of nitrogens with zero attached hydrogens (tertiary/aromatic N) is 2. The monoisotopic (exact) mass is 499 g/mol. The molecular formula is C24H25N3O5S2. The molecule has 1 N–H and O–H groups in total. The van der Waals surface area contributed by atoms with E-state index in [1.54, 1.807) is 17.0 Å². The standard InChI is InChI=1S/C24H25N3O5S2/c1-26(18-19-6-3-2-4-7-19)34(31,32)23-13-9-20(10-14-23)25-33(29,30)22-15-11-21(12-16-22)27-17-5-8-24(27)28/h2-4,6-7,9-16,25H,5,8,17-18H2,1H3. The van der Waals surface area contributed by atoms with Crippen molar-refractivity contribution in [3.63, 3.8) is 0 Å². The van der Waals surface area contributed by atoms with Crippen LogP contribution in [0.15, 0.2) is 88.7 Å². The van der Waals surface area contributed by atoms with E-state index in [9.17, 15) is 21.6 Å². The van der Waals surface area contributed by atoms with Crippen LogP contribution in [-0.4, -0.2) is 40.6 Å². The molecule has 0 unspecified atom stereocenters. The topological polar surface area (TPSA) is 104 Å². The van der Waals surface area contributed by atoms with Gasteiger partial charge in [0.2, 0.25) is 15.9 Å². The van der Waals surface area contributed by atoms with Gasteiger partial charge in [0, 0.05) is 37.9 Å². The summed E-state index contributed by atoms with van der Waals surface area (Å²) in [5.74, 6) is 0.0261. The van der Waals surface area contributed by atoms with Crippen LogP contribution >= 0.6 is 0 Å². The molecule has 0 bridgehead atoms. The van der Waals surface area contributed by atoms with Gasteiger partial charge in [0.05, 0.1) is 9.79 Å². The van der Waals surface area contributed by atoms with Crippen molar-refractivity contribution in [3.8, 4) is 0 Å². The maximum Gasteiger partial charge on any atom is 0.261 e. The number of carbonyl (C=O) groups is 1. The van der Waals surface area contributed by atoms with E-state index < -0.39 is 20.0 Å². The van der Waals surface area contributed by atoms with Crippen LogP contribution in [0.2, 0.25) is 0 Å². The van der Waals surface area contributed by atoms with Gasteiger partial charge in [-0.05, 0) is 60.5 Å². The molecule has 1 aliphatic rings. The molecule has 10 heteroatoms. The van der Waals surface area contributed by atoms with Crippen LogP contribution < -0.4 is 9.62 Å². The van der Waals surface area contributed by atoms with Crippen molar-refractivity contribution in [2.75, 3.05) is 23.2 Å². The number of benzene rings is 3. The minimum Gasteiger partial charge on any atom is -0.312 e. The van der Waals surface area contributed by atoms with Gasteiger partial charge in [0.25, 0.3) is 10.0 Å². The molecule has 4 rings (SSSR count). The number of hydrogen-bond acceptors (Lipinski definition) is 5. The first-order valence-electron chi connectivity index (χ1n) is 10.7. The van der Waals surface area contributed by atoms with E-state index in [0.29, 0.717) is 18.7 Å². The van der Waals surface area contributed by atoms with Gasteiger partial charge in [0.15, 0.2) is 0 Å². The Morgan fingerprint density at radius 2 is 1.47 bits per heavy atom. The van der Waals surface area contributed by atoms with Crippen LogP contribution in [0.4, 0.5) is 11.4 Å². The highest BCUT2D eigenvalue weighted by atomic mass is 32.2. The van der Waals surface area contributed by atoms with Gasteiger partial charge in [-0.2, -0.15) is 4.31 Å². The van der Waals surface area contributed by atoms with Gasteiger partial charge >= 0.3 is 0 Å². The van der Waals surface area contributed by atoms with Crippen molar-refractivity contribution in [1.29, 1.82) is 0 Å². The molecule has 3 aromatic carbocycles. The normalized spacial score (nSPS) is 14.5. The van der Waals surface area contributed by atoms with E-state index in [4.69, 9.17) is 0 Å². The van der Waals surface area contributed by atoms with Gasteiger partial charge in [-0.25, -0.2) is 16.8 Å². The van der Waals surface area contributed by atoms with Crippen molar-refractivity contribution in [1.82, 2.24) is 4.31 Å². The SMILES string of the molecule is CN(Cc1ccccc1)S(=O)(=O)c1ccc(NS(=O)(=O)c2ccc(N3CCCC3=O)cc2)cc1. The molecule has 0 radical (unpaired) electrons. The summed E-state index contributed by atoms with van der Waals surface area (Å²) in [6.45, 7) is 0.843. The third-order valence-electron chi connectivity index (χ3n) is 5.59. The van der Waals surface area contributed by atoms with Crippen LogP contribution in [0.3, 0.4) is 0 Å². The Hall–Kier alpha value is -3.21. The first-order chi connectivity index (χ1) is 16.2. The number of carbonyl (C=O) groups excluding carboxylic acids is 1. The summed E-state index contributed by atoms with van der Waals surface area (Å²) in [7, 11) is -6.13. The lowest BCUT2D eigenvalue weighted by molar-refractivity contribution is -0.117. The van der Waals surface area contributed by atoms with Crippen molar-refractivity contribution >= 4 is 37.3 Å². The van der Waals surface area contributed by atoms with Gasteiger partial charge in [-0.3, -0.25) is 9.52 Å². The molecule has 1 saturated heterocycles. The lowest BCUT2D eigenvalue weighted by Crippen LogP contribution is -2.26. The summed E-state index contributed by atoms with van der Waals surface area (Å²) in [5, 5.41) is 0. The summed E-state index contributed by atoms with van der Waals surface area (Å²) in [6, 6.07) is 20.9. The van der Waals surface area contributed by atoms with E-state index in [1.807, 2.05) is 30.3 Å². The summed E-state index contributed by atoms with van der Waals surface area (Å²) in [5.41, 5.74) is 1.76. The van der Waals surface area contributed by atoms with Crippen LogP contribution in [-0.2, 0) is 31.4 Å². The molecule has 3 aromatic rings. The largest absolute Gasteiger partial charge is 0.312 e. The Labute approximate surface area is 199 Å². The zero-order valence-electron chi connectivity index (χ0n) is 18.6. The second kappa shape index (κ2) is 9.57. The number of nitrogens with one attached hydrogen (secondary N) is 1. The minimum atomic E-state index is -3.89. The number of sulfonamides is 2. The molecule has 0 spiro atoms. The minimum absolute atomic E-state index is 0.0261. The quantitative estimate of drug-likeness (QED) is 0.511. The number of amides is 1. The smallest absolute Gasteiger partial charge is 0.261 e. The fraction of sp³-hybridized carbons (Fsp3) is 0.208. The van der Waals surface area contributed by atoms with Crippen molar-refractivity contribution in [3.05, 3.63) is 84.4 Å². The summed E-state index contributed by atoms with van der Waals surface area (Å²) in [6.07, 6.45) is 1.28. The maximum atomic E-state index is 12.9. The van der Waals surface area contributed by atoms with Gasteiger partial charge in [0.1, 0.15) is 0 Å². The highest BCUT2D eigenvalue weighted by molar-refractivity contribution is 7.92. The molecule has 8 nitrogen and oxygen atoms in total. The third kappa shape index (κ3) is 5.14. The molecule has 0 atom stereocenters. The first-order valence-corrected chi connectivity index (χ1v) is 13.6. The van der Waals surface area contributed by atoms with E-state index in [1.165, 1.54) is 47.8 Å². The molecular weight excluding hydrogens is 474 g/mol. The van der Waals surface area contributed by atoms with Crippen LogP contribution in [0.5, 0.6) is 0 Å². The number of hydrogen-bond donors (Lipinski definition) is 1. The van der Waals surface area contributed by atoms with Gasteiger partial charge in [-0.1, -0.05) is 30.3 Å². The van der Waals surface area contributed by atoms with Crippen molar-refractivity contribution in [2.45, 2.75) is 29.2 Å². The fourth-order valence-corrected chi connectivity index (χ4v) is 5.96.